The predicted molar refractivity (Wildman–Crippen MR) is 86.6 cm³/mol. The minimum absolute atomic E-state index is 0.151. The summed E-state index contributed by atoms with van der Waals surface area (Å²) in [5.74, 6) is 1.98. The quantitative estimate of drug-likeness (QED) is 0.901. The van der Waals surface area contributed by atoms with Crippen molar-refractivity contribution >= 4 is 0 Å². The van der Waals surface area contributed by atoms with Gasteiger partial charge in [-0.3, -0.25) is 0 Å². The molecule has 1 aliphatic carbocycles. The topological polar surface area (TPSA) is 50.7 Å². The summed E-state index contributed by atoms with van der Waals surface area (Å²) in [6, 6.07) is 4.24. The van der Waals surface area contributed by atoms with Gasteiger partial charge >= 0.3 is 0 Å². The molecular weight excluding hydrogens is 278 g/mol. The number of methoxy groups -OCH3 is 2. The monoisotopic (exact) mass is 305 g/mol. The maximum absolute atomic E-state index is 11.1. The number of piperidine rings is 1. The third kappa shape index (κ3) is 2.48. The zero-order chi connectivity index (χ0) is 15.7. The molecule has 3 rings (SSSR count). The molecule has 1 aromatic carbocycles. The van der Waals surface area contributed by atoms with Crippen molar-refractivity contribution in [1.82, 2.24) is 5.32 Å². The van der Waals surface area contributed by atoms with Gasteiger partial charge in [-0.2, -0.15) is 0 Å². The standard InChI is InChI=1S/C18H27NO3/c1-12-15(21-2)8-7-13(17(12)22-3)16-14-6-4-5-9-18(14,20)10-11-19-16/h7-8,14,16,19-20H,4-6,9-11H2,1-3H3/t14-,16+,18+/m1/s1. The minimum Gasteiger partial charge on any atom is -0.496 e. The maximum Gasteiger partial charge on any atom is 0.130 e. The van der Waals surface area contributed by atoms with Gasteiger partial charge in [0.1, 0.15) is 11.5 Å². The summed E-state index contributed by atoms with van der Waals surface area (Å²) >= 11 is 0. The highest BCUT2D eigenvalue weighted by molar-refractivity contribution is 5.51. The Kier molecular flexibility index (Phi) is 4.33. The van der Waals surface area contributed by atoms with Crippen molar-refractivity contribution in [1.29, 1.82) is 0 Å². The summed E-state index contributed by atoms with van der Waals surface area (Å²) in [7, 11) is 3.39. The fourth-order valence-electron chi connectivity index (χ4n) is 4.38. The molecule has 4 nitrogen and oxygen atoms in total. The first-order valence-electron chi connectivity index (χ1n) is 8.28. The van der Waals surface area contributed by atoms with Gasteiger partial charge in [-0.15, -0.1) is 0 Å². The van der Waals surface area contributed by atoms with E-state index in [1.807, 2.05) is 13.0 Å². The second-order valence-electron chi connectivity index (χ2n) is 6.65. The van der Waals surface area contributed by atoms with Crippen LogP contribution in [0.2, 0.25) is 0 Å². The number of nitrogens with one attached hydrogen (secondary N) is 1. The van der Waals surface area contributed by atoms with Crippen LogP contribution in [0.5, 0.6) is 11.5 Å². The van der Waals surface area contributed by atoms with E-state index in [-0.39, 0.29) is 12.0 Å². The highest BCUT2D eigenvalue weighted by atomic mass is 16.5. The molecular formula is C18H27NO3. The molecule has 2 aliphatic rings. The fourth-order valence-corrected chi connectivity index (χ4v) is 4.38. The molecule has 1 heterocycles. The van der Waals surface area contributed by atoms with E-state index in [0.29, 0.717) is 0 Å². The molecule has 0 spiro atoms. The second kappa shape index (κ2) is 6.09. The molecule has 0 aromatic heterocycles. The van der Waals surface area contributed by atoms with Crippen LogP contribution < -0.4 is 14.8 Å². The molecule has 3 atom stereocenters. The van der Waals surface area contributed by atoms with Crippen LogP contribution in [0.3, 0.4) is 0 Å². The Labute approximate surface area is 132 Å². The SMILES string of the molecule is COc1ccc([C@@H]2NCC[C@@]3(O)CCCC[C@H]23)c(OC)c1C. The summed E-state index contributed by atoms with van der Waals surface area (Å²) < 4.78 is 11.1. The van der Waals surface area contributed by atoms with Gasteiger partial charge < -0.3 is 19.9 Å². The van der Waals surface area contributed by atoms with E-state index in [4.69, 9.17) is 9.47 Å². The molecule has 1 saturated carbocycles. The average molecular weight is 305 g/mol. The van der Waals surface area contributed by atoms with Crippen LogP contribution in [-0.4, -0.2) is 31.5 Å². The van der Waals surface area contributed by atoms with Crippen LogP contribution in [0, 0.1) is 12.8 Å². The van der Waals surface area contributed by atoms with Crippen molar-refractivity contribution in [3.8, 4) is 11.5 Å². The molecule has 22 heavy (non-hydrogen) atoms. The number of hydrogen-bond acceptors (Lipinski definition) is 4. The Morgan fingerprint density at radius 3 is 2.73 bits per heavy atom. The first kappa shape index (κ1) is 15.6. The van der Waals surface area contributed by atoms with Crippen molar-refractivity contribution in [3.63, 3.8) is 0 Å². The molecule has 0 bridgehead atoms. The normalized spacial score (nSPS) is 31.5. The van der Waals surface area contributed by atoms with Crippen molar-refractivity contribution < 1.29 is 14.6 Å². The lowest BCUT2D eigenvalue weighted by atomic mass is 9.66. The zero-order valence-corrected chi connectivity index (χ0v) is 13.8. The third-order valence-corrected chi connectivity index (χ3v) is 5.54. The van der Waals surface area contributed by atoms with E-state index in [9.17, 15) is 5.11 Å². The number of rotatable bonds is 3. The molecule has 0 radical (unpaired) electrons. The maximum atomic E-state index is 11.1. The Balaban J connectivity index is 2.01. The molecule has 1 aromatic rings. The largest absolute Gasteiger partial charge is 0.496 e. The van der Waals surface area contributed by atoms with E-state index in [1.54, 1.807) is 14.2 Å². The van der Waals surface area contributed by atoms with Gasteiger partial charge in [0.2, 0.25) is 0 Å². The Bertz CT molecular complexity index is 541. The van der Waals surface area contributed by atoms with Gasteiger partial charge in [-0.25, -0.2) is 0 Å². The smallest absolute Gasteiger partial charge is 0.130 e. The lowest BCUT2D eigenvalue weighted by molar-refractivity contribution is -0.0863. The first-order valence-corrected chi connectivity index (χ1v) is 8.28. The van der Waals surface area contributed by atoms with Gasteiger partial charge in [0.15, 0.2) is 0 Å². The van der Waals surface area contributed by atoms with Crippen LogP contribution >= 0.6 is 0 Å². The molecule has 1 aliphatic heterocycles. The number of benzene rings is 1. The van der Waals surface area contributed by atoms with Crippen LogP contribution in [0.25, 0.3) is 0 Å². The van der Waals surface area contributed by atoms with Crippen molar-refractivity contribution in [2.45, 2.75) is 50.7 Å². The Morgan fingerprint density at radius 2 is 2.00 bits per heavy atom. The average Bonchev–Trinajstić information content (AvgIpc) is 2.53. The summed E-state index contributed by atoms with van der Waals surface area (Å²) in [6.45, 7) is 2.88. The summed E-state index contributed by atoms with van der Waals surface area (Å²) in [4.78, 5) is 0. The van der Waals surface area contributed by atoms with E-state index in [2.05, 4.69) is 11.4 Å². The molecule has 2 N–H and O–H groups in total. The Hall–Kier alpha value is -1.26. The van der Waals surface area contributed by atoms with Crippen LogP contribution in [-0.2, 0) is 0 Å². The fraction of sp³-hybridized carbons (Fsp3) is 0.667. The van der Waals surface area contributed by atoms with E-state index in [0.717, 1.165) is 54.9 Å². The van der Waals surface area contributed by atoms with Gasteiger partial charge in [0, 0.05) is 23.1 Å². The highest BCUT2D eigenvalue weighted by Gasteiger charge is 2.46. The van der Waals surface area contributed by atoms with E-state index in [1.165, 1.54) is 6.42 Å². The summed E-state index contributed by atoms with van der Waals surface area (Å²) in [5, 5.41) is 14.7. The lowest BCUT2D eigenvalue weighted by Gasteiger charge is -2.48. The zero-order valence-electron chi connectivity index (χ0n) is 13.8. The van der Waals surface area contributed by atoms with Gasteiger partial charge in [0.25, 0.3) is 0 Å². The van der Waals surface area contributed by atoms with Gasteiger partial charge in [-0.1, -0.05) is 18.9 Å². The predicted octanol–water partition coefficient (Wildman–Crippen LogP) is 2.97. The van der Waals surface area contributed by atoms with Crippen LogP contribution in [0.4, 0.5) is 0 Å². The lowest BCUT2D eigenvalue weighted by Crippen LogP contribution is -2.53. The molecule has 4 heteroatoms. The molecule has 1 saturated heterocycles. The number of aliphatic hydroxyl groups is 1. The molecule has 0 amide bonds. The van der Waals surface area contributed by atoms with E-state index < -0.39 is 5.60 Å². The number of ether oxygens (including phenoxy) is 2. The van der Waals surface area contributed by atoms with Crippen LogP contribution in [0.15, 0.2) is 12.1 Å². The molecule has 122 valence electrons. The first-order chi connectivity index (χ1) is 10.6. The van der Waals surface area contributed by atoms with Gasteiger partial charge in [0.05, 0.1) is 19.8 Å². The van der Waals surface area contributed by atoms with Crippen molar-refractivity contribution in [3.05, 3.63) is 23.3 Å². The molecule has 0 unspecified atom stereocenters. The van der Waals surface area contributed by atoms with Gasteiger partial charge in [-0.05, 0) is 38.8 Å². The van der Waals surface area contributed by atoms with Crippen LogP contribution in [0.1, 0.15) is 49.3 Å². The number of fused-ring (bicyclic) bond motifs is 1. The van der Waals surface area contributed by atoms with Crippen molar-refractivity contribution in [2.24, 2.45) is 5.92 Å². The molecule has 2 fully saturated rings. The summed E-state index contributed by atoms with van der Waals surface area (Å²) in [6.07, 6.45) is 5.18. The van der Waals surface area contributed by atoms with Crippen molar-refractivity contribution in [2.75, 3.05) is 20.8 Å². The minimum atomic E-state index is -0.521. The number of hydrogen-bond donors (Lipinski definition) is 2. The summed E-state index contributed by atoms with van der Waals surface area (Å²) in [5.41, 5.74) is 1.65. The third-order valence-electron chi connectivity index (χ3n) is 5.54. The Morgan fingerprint density at radius 1 is 1.18 bits per heavy atom. The highest BCUT2D eigenvalue weighted by Crippen LogP contribution is 2.48. The second-order valence-corrected chi connectivity index (χ2v) is 6.65. The van der Waals surface area contributed by atoms with E-state index >= 15 is 0 Å².